The summed E-state index contributed by atoms with van der Waals surface area (Å²) in [5, 5.41) is 2.17. The van der Waals surface area contributed by atoms with Crippen molar-refractivity contribution in [2.45, 2.75) is 31.0 Å². The molecule has 8 nitrogen and oxygen atoms in total. The van der Waals surface area contributed by atoms with Gasteiger partial charge in [-0.15, -0.1) is 0 Å². The zero-order chi connectivity index (χ0) is 24.9. The summed E-state index contributed by atoms with van der Waals surface area (Å²) < 4.78 is 24.5. The predicted molar refractivity (Wildman–Crippen MR) is 133 cm³/mol. The van der Waals surface area contributed by atoms with Crippen LogP contribution in [0, 0.1) is 6.92 Å². The summed E-state index contributed by atoms with van der Waals surface area (Å²) in [6.07, 6.45) is -2.40. The first-order valence-electron chi connectivity index (χ1n) is 11.4. The molecule has 0 bridgehead atoms. The van der Waals surface area contributed by atoms with Crippen LogP contribution in [0.4, 0.5) is 20.6 Å². The van der Waals surface area contributed by atoms with E-state index in [1.54, 1.807) is 29.2 Å². The maximum absolute atomic E-state index is 14.1. The molecule has 2 aliphatic rings. The van der Waals surface area contributed by atoms with Crippen molar-refractivity contribution in [2.75, 3.05) is 42.6 Å². The third-order valence-corrected chi connectivity index (χ3v) is 6.50. The number of aryl methyl sites for hydroxylation is 1. The molecule has 1 N–H and O–H groups in total. The molecular formula is C25H28FN3O5S. The van der Waals surface area contributed by atoms with Gasteiger partial charge in [-0.25, -0.2) is 9.18 Å². The van der Waals surface area contributed by atoms with Gasteiger partial charge in [0.05, 0.1) is 26.3 Å². The van der Waals surface area contributed by atoms with E-state index in [9.17, 15) is 18.8 Å². The quantitative estimate of drug-likeness (QED) is 0.328. The number of hydrogen-bond donors (Lipinski definition) is 2. The highest BCUT2D eigenvalue weighted by atomic mass is 32.1. The van der Waals surface area contributed by atoms with Crippen LogP contribution in [-0.2, 0) is 19.1 Å². The minimum atomic E-state index is -1.21. The number of nitrogens with zero attached hydrogens (tertiary/aromatic N) is 2. The Morgan fingerprint density at radius 2 is 1.83 bits per heavy atom. The van der Waals surface area contributed by atoms with Crippen molar-refractivity contribution < 1.29 is 28.2 Å². The third-order valence-electron chi connectivity index (χ3n) is 6.02. The van der Waals surface area contributed by atoms with Gasteiger partial charge < -0.3 is 19.7 Å². The van der Waals surface area contributed by atoms with Crippen LogP contribution < -0.4 is 15.1 Å². The number of Topliss-reactive ketones (excluding diaryl/α,β-unsaturated/α-hetero) is 1. The minimum Gasteiger partial charge on any atom is -0.442 e. The number of benzene rings is 2. The van der Waals surface area contributed by atoms with E-state index in [2.05, 4.69) is 17.9 Å². The number of ether oxygens (including phenoxy) is 2. The van der Waals surface area contributed by atoms with Gasteiger partial charge in [0.15, 0.2) is 6.30 Å². The molecule has 0 aliphatic carbocycles. The van der Waals surface area contributed by atoms with Gasteiger partial charge in [-0.2, -0.15) is 12.6 Å². The number of carbonyl (C=O) groups is 3. The fraction of sp³-hybridized carbons (Fsp3) is 0.400. The lowest BCUT2D eigenvalue weighted by atomic mass is 10.1. The van der Waals surface area contributed by atoms with E-state index in [1.807, 2.05) is 31.2 Å². The molecule has 2 fully saturated rings. The zero-order valence-electron chi connectivity index (χ0n) is 19.4. The zero-order valence-corrected chi connectivity index (χ0v) is 20.2. The van der Waals surface area contributed by atoms with Crippen LogP contribution >= 0.6 is 12.6 Å². The Morgan fingerprint density at radius 3 is 2.51 bits per heavy atom. The van der Waals surface area contributed by atoms with Crippen molar-refractivity contribution >= 4 is 41.8 Å². The smallest absolute Gasteiger partial charge is 0.414 e. The summed E-state index contributed by atoms with van der Waals surface area (Å²) in [7, 11) is 0. The first-order chi connectivity index (χ1) is 16.8. The van der Waals surface area contributed by atoms with Crippen molar-refractivity contribution in [1.82, 2.24) is 5.32 Å². The number of amides is 2. The molecule has 3 atom stereocenters. The number of halogens is 1. The van der Waals surface area contributed by atoms with Crippen molar-refractivity contribution in [3.05, 3.63) is 59.7 Å². The molecular weight excluding hydrogens is 473 g/mol. The van der Waals surface area contributed by atoms with Gasteiger partial charge in [0, 0.05) is 29.6 Å². The van der Waals surface area contributed by atoms with Crippen LogP contribution in [0.3, 0.4) is 0 Å². The molecule has 0 aromatic heterocycles. The number of nitrogens with one attached hydrogen (secondary N) is 1. The highest BCUT2D eigenvalue weighted by Gasteiger charge is 2.33. The maximum Gasteiger partial charge on any atom is 0.414 e. The molecule has 2 heterocycles. The molecule has 4 rings (SSSR count). The monoisotopic (exact) mass is 501 g/mol. The number of morpholine rings is 1. The van der Waals surface area contributed by atoms with E-state index >= 15 is 0 Å². The Bertz CT molecular complexity index is 1070. The second-order valence-corrected chi connectivity index (χ2v) is 9.22. The average Bonchev–Trinajstić information content (AvgIpc) is 3.23. The van der Waals surface area contributed by atoms with E-state index in [0.717, 1.165) is 11.1 Å². The van der Waals surface area contributed by atoms with Gasteiger partial charge in [-0.05, 0) is 36.8 Å². The molecule has 0 radical (unpaired) electrons. The van der Waals surface area contributed by atoms with Crippen LogP contribution in [0.1, 0.15) is 22.8 Å². The van der Waals surface area contributed by atoms with Crippen molar-refractivity contribution in [2.24, 2.45) is 0 Å². The molecule has 0 saturated carbocycles. The predicted octanol–water partition coefficient (Wildman–Crippen LogP) is 3.20. The van der Waals surface area contributed by atoms with Crippen molar-refractivity contribution in [3.8, 4) is 0 Å². The second-order valence-electron chi connectivity index (χ2n) is 8.60. The van der Waals surface area contributed by atoms with E-state index in [-0.39, 0.29) is 31.4 Å². The minimum absolute atomic E-state index is 0.0178. The number of cyclic esters (lactones) is 1. The Balaban J connectivity index is 1.27. The molecule has 10 heteroatoms. The number of anilines is 2. The fourth-order valence-electron chi connectivity index (χ4n) is 4.01. The topological polar surface area (TPSA) is 88.2 Å². The van der Waals surface area contributed by atoms with Gasteiger partial charge in [-0.3, -0.25) is 14.5 Å². The molecule has 2 aromatic rings. The summed E-state index contributed by atoms with van der Waals surface area (Å²) >= 11 is 4.45. The first kappa shape index (κ1) is 25.0. The molecule has 2 aliphatic heterocycles. The summed E-state index contributed by atoms with van der Waals surface area (Å²) in [6.45, 7) is 3.13. The third kappa shape index (κ3) is 6.12. The second kappa shape index (κ2) is 11.1. The molecule has 0 unspecified atom stereocenters. The number of hydrogen-bond acceptors (Lipinski definition) is 7. The van der Waals surface area contributed by atoms with E-state index in [0.29, 0.717) is 24.5 Å². The Hall–Kier alpha value is -3.11. The normalized spacial score (nSPS) is 20.9. The molecule has 2 saturated heterocycles. The Morgan fingerprint density at radius 1 is 1.14 bits per heavy atom. The lowest BCUT2D eigenvalue weighted by Gasteiger charge is -2.32. The van der Waals surface area contributed by atoms with Crippen LogP contribution in [0.2, 0.25) is 0 Å². The van der Waals surface area contributed by atoms with E-state index in [4.69, 9.17) is 9.47 Å². The maximum atomic E-state index is 14.1. The lowest BCUT2D eigenvalue weighted by molar-refractivity contribution is -0.138. The molecule has 2 amide bonds. The summed E-state index contributed by atoms with van der Waals surface area (Å²) in [4.78, 5) is 40.0. The first-order valence-corrected chi connectivity index (χ1v) is 12.0. The van der Waals surface area contributed by atoms with Crippen LogP contribution in [-0.4, -0.2) is 63.0 Å². The summed E-state index contributed by atoms with van der Waals surface area (Å²) in [5.74, 6) is -1.32. The average molecular weight is 502 g/mol. The lowest BCUT2D eigenvalue weighted by Crippen LogP contribution is -2.42. The number of ketones is 1. The van der Waals surface area contributed by atoms with Gasteiger partial charge in [0.25, 0.3) is 5.91 Å². The van der Waals surface area contributed by atoms with Crippen LogP contribution in [0.5, 0.6) is 0 Å². The van der Waals surface area contributed by atoms with E-state index < -0.39 is 30.2 Å². The summed E-state index contributed by atoms with van der Waals surface area (Å²) in [6, 6.07) is 14.6. The SMILES string of the molecule is Cc1ccc([C@@H](S)CC(=O)C(=O)NC[C@H]2CN(c3ccc(N4CCOC[C@@H]4F)cc3)C(=O)O2)cc1. The van der Waals surface area contributed by atoms with Gasteiger partial charge in [0.1, 0.15) is 6.10 Å². The number of rotatable bonds is 8. The standard InChI is InChI=1S/C25H28FN3O5S/c1-16-2-4-17(5-3-16)22(35)12-21(30)24(31)27-13-20-14-29(25(32)34-20)19-8-6-18(7-9-19)28-10-11-33-15-23(28)26/h2-9,20,22-23,35H,10-15H2,1H3,(H,27,31)/t20-,22-,23+/m0/s1. The number of carbonyl (C=O) groups excluding carboxylic acids is 3. The highest BCUT2D eigenvalue weighted by Crippen LogP contribution is 2.27. The van der Waals surface area contributed by atoms with Crippen molar-refractivity contribution in [3.63, 3.8) is 0 Å². The number of alkyl halides is 1. The Kier molecular flexibility index (Phi) is 7.92. The van der Waals surface area contributed by atoms with E-state index in [1.165, 1.54) is 4.90 Å². The van der Waals surface area contributed by atoms with Gasteiger partial charge in [-0.1, -0.05) is 29.8 Å². The van der Waals surface area contributed by atoms with Crippen LogP contribution in [0.25, 0.3) is 0 Å². The van der Waals surface area contributed by atoms with Gasteiger partial charge in [0.2, 0.25) is 5.78 Å². The summed E-state index contributed by atoms with van der Waals surface area (Å²) in [5.41, 5.74) is 3.26. The van der Waals surface area contributed by atoms with Crippen LogP contribution in [0.15, 0.2) is 48.5 Å². The highest BCUT2D eigenvalue weighted by molar-refractivity contribution is 7.80. The Labute approximate surface area is 208 Å². The molecule has 0 spiro atoms. The molecule has 186 valence electrons. The fourth-order valence-corrected chi connectivity index (χ4v) is 4.34. The van der Waals surface area contributed by atoms with Gasteiger partial charge >= 0.3 is 6.09 Å². The molecule has 2 aromatic carbocycles. The number of thiol groups is 1. The van der Waals surface area contributed by atoms with Crippen molar-refractivity contribution in [1.29, 1.82) is 0 Å². The molecule has 35 heavy (non-hydrogen) atoms. The largest absolute Gasteiger partial charge is 0.442 e.